The smallest absolute Gasteiger partial charge is 0.0104 e. The van der Waals surface area contributed by atoms with Crippen molar-refractivity contribution in [1.82, 2.24) is 10.2 Å². The fourth-order valence-corrected chi connectivity index (χ4v) is 4.16. The molecule has 116 valence electrons. The van der Waals surface area contributed by atoms with Crippen molar-refractivity contribution >= 4 is 0 Å². The molecule has 2 heterocycles. The van der Waals surface area contributed by atoms with Crippen LogP contribution < -0.4 is 5.32 Å². The van der Waals surface area contributed by atoms with Crippen molar-refractivity contribution in [2.75, 3.05) is 32.7 Å². The number of nitrogens with one attached hydrogen (secondary N) is 1. The van der Waals surface area contributed by atoms with Gasteiger partial charge in [-0.2, -0.15) is 0 Å². The van der Waals surface area contributed by atoms with Crippen molar-refractivity contribution < 1.29 is 0 Å². The van der Waals surface area contributed by atoms with Gasteiger partial charge in [-0.25, -0.2) is 0 Å². The first-order chi connectivity index (χ1) is 10.2. The topological polar surface area (TPSA) is 15.3 Å². The van der Waals surface area contributed by atoms with E-state index in [2.05, 4.69) is 54.4 Å². The summed E-state index contributed by atoms with van der Waals surface area (Å²) in [6, 6.07) is 11.3. The zero-order chi connectivity index (χ0) is 14.7. The average Bonchev–Trinajstić information content (AvgIpc) is 2.53. The van der Waals surface area contributed by atoms with E-state index in [0.29, 0.717) is 5.41 Å². The van der Waals surface area contributed by atoms with E-state index < -0.39 is 0 Å². The van der Waals surface area contributed by atoms with Crippen LogP contribution in [-0.4, -0.2) is 37.6 Å². The van der Waals surface area contributed by atoms with Gasteiger partial charge in [-0.3, -0.25) is 0 Å². The van der Waals surface area contributed by atoms with Gasteiger partial charge in [0.25, 0.3) is 0 Å². The van der Waals surface area contributed by atoms with Crippen LogP contribution in [0.25, 0.3) is 0 Å². The van der Waals surface area contributed by atoms with Crippen LogP contribution >= 0.6 is 0 Å². The molecular formula is C19H30N2. The molecular weight excluding hydrogens is 256 g/mol. The van der Waals surface area contributed by atoms with E-state index in [9.17, 15) is 0 Å². The van der Waals surface area contributed by atoms with Gasteiger partial charge in [0, 0.05) is 18.5 Å². The summed E-state index contributed by atoms with van der Waals surface area (Å²) in [5.74, 6) is 1.73. The Morgan fingerprint density at radius 2 is 1.81 bits per heavy atom. The van der Waals surface area contributed by atoms with Gasteiger partial charge >= 0.3 is 0 Å². The minimum atomic E-state index is 0.368. The predicted molar refractivity (Wildman–Crippen MR) is 89.6 cm³/mol. The van der Waals surface area contributed by atoms with Gasteiger partial charge in [0.15, 0.2) is 0 Å². The summed E-state index contributed by atoms with van der Waals surface area (Å²) >= 11 is 0. The van der Waals surface area contributed by atoms with E-state index in [4.69, 9.17) is 0 Å². The van der Waals surface area contributed by atoms with Gasteiger partial charge in [0.05, 0.1) is 0 Å². The van der Waals surface area contributed by atoms with Crippen molar-refractivity contribution in [3.8, 4) is 0 Å². The SMILES string of the molecule is CC1CCN(CC2(c3ccccc3)CCNCC2)CC1C. The number of hydrogen-bond donors (Lipinski definition) is 1. The summed E-state index contributed by atoms with van der Waals surface area (Å²) in [6.07, 6.45) is 3.92. The number of nitrogens with zero attached hydrogens (tertiary/aromatic N) is 1. The molecule has 0 saturated carbocycles. The summed E-state index contributed by atoms with van der Waals surface area (Å²) < 4.78 is 0. The Morgan fingerprint density at radius 3 is 2.48 bits per heavy atom. The third kappa shape index (κ3) is 3.32. The van der Waals surface area contributed by atoms with Crippen LogP contribution in [0, 0.1) is 11.8 Å². The van der Waals surface area contributed by atoms with Crippen molar-refractivity contribution in [1.29, 1.82) is 0 Å². The number of likely N-dealkylation sites (tertiary alicyclic amines) is 1. The second-order valence-corrected chi connectivity index (χ2v) is 7.37. The fraction of sp³-hybridized carbons (Fsp3) is 0.684. The zero-order valence-electron chi connectivity index (χ0n) is 13.6. The molecule has 2 aliphatic rings. The zero-order valence-corrected chi connectivity index (χ0v) is 13.6. The molecule has 2 unspecified atom stereocenters. The Balaban J connectivity index is 1.77. The summed E-state index contributed by atoms with van der Waals surface area (Å²) in [6.45, 7) is 11.0. The lowest BCUT2D eigenvalue weighted by atomic mass is 9.72. The fourth-order valence-electron chi connectivity index (χ4n) is 4.16. The molecule has 0 radical (unpaired) electrons. The molecule has 2 saturated heterocycles. The lowest BCUT2D eigenvalue weighted by molar-refractivity contribution is 0.0986. The Kier molecular flexibility index (Phi) is 4.66. The monoisotopic (exact) mass is 286 g/mol. The molecule has 3 rings (SSSR count). The minimum Gasteiger partial charge on any atom is -0.317 e. The molecule has 2 heteroatoms. The van der Waals surface area contributed by atoms with Crippen LogP contribution in [0.3, 0.4) is 0 Å². The molecule has 0 spiro atoms. The highest BCUT2D eigenvalue weighted by Crippen LogP contribution is 2.36. The first-order valence-corrected chi connectivity index (χ1v) is 8.68. The largest absolute Gasteiger partial charge is 0.317 e. The summed E-state index contributed by atoms with van der Waals surface area (Å²) in [5, 5.41) is 3.54. The Labute approximate surface area is 129 Å². The van der Waals surface area contributed by atoms with E-state index in [1.165, 1.54) is 38.9 Å². The highest BCUT2D eigenvalue weighted by Gasteiger charge is 2.36. The van der Waals surface area contributed by atoms with Crippen LogP contribution in [0.15, 0.2) is 30.3 Å². The number of hydrogen-bond acceptors (Lipinski definition) is 2. The van der Waals surface area contributed by atoms with Crippen molar-refractivity contribution in [3.05, 3.63) is 35.9 Å². The molecule has 2 fully saturated rings. The third-order valence-electron chi connectivity index (χ3n) is 5.89. The second-order valence-electron chi connectivity index (χ2n) is 7.37. The third-order valence-corrected chi connectivity index (χ3v) is 5.89. The maximum absolute atomic E-state index is 3.54. The second kappa shape index (κ2) is 6.50. The van der Waals surface area contributed by atoms with Gasteiger partial charge in [-0.1, -0.05) is 44.2 Å². The maximum atomic E-state index is 3.54. The van der Waals surface area contributed by atoms with E-state index in [1.807, 2.05) is 0 Å². The molecule has 2 aliphatic heterocycles. The molecule has 1 N–H and O–H groups in total. The molecule has 1 aromatic rings. The normalized spacial score (nSPS) is 30.2. The van der Waals surface area contributed by atoms with Crippen molar-refractivity contribution in [3.63, 3.8) is 0 Å². The van der Waals surface area contributed by atoms with Crippen LogP contribution in [0.1, 0.15) is 38.7 Å². The summed E-state index contributed by atoms with van der Waals surface area (Å²) in [5.41, 5.74) is 1.92. The summed E-state index contributed by atoms with van der Waals surface area (Å²) in [4.78, 5) is 2.74. The van der Waals surface area contributed by atoms with E-state index >= 15 is 0 Å². The van der Waals surface area contributed by atoms with E-state index in [0.717, 1.165) is 24.9 Å². The first kappa shape index (κ1) is 15.1. The first-order valence-electron chi connectivity index (χ1n) is 8.68. The lowest BCUT2D eigenvalue weighted by Crippen LogP contribution is -2.50. The molecule has 2 atom stereocenters. The average molecular weight is 286 g/mol. The van der Waals surface area contributed by atoms with Gasteiger partial charge in [0.1, 0.15) is 0 Å². The van der Waals surface area contributed by atoms with Gasteiger partial charge < -0.3 is 10.2 Å². The van der Waals surface area contributed by atoms with Crippen molar-refractivity contribution in [2.45, 2.75) is 38.5 Å². The Morgan fingerprint density at radius 1 is 1.10 bits per heavy atom. The molecule has 0 amide bonds. The van der Waals surface area contributed by atoms with Gasteiger partial charge in [0.2, 0.25) is 0 Å². The lowest BCUT2D eigenvalue weighted by Gasteiger charge is -2.45. The number of benzene rings is 1. The Bertz CT molecular complexity index is 436. The standard InChI is InChI=1S/C19H30N2/c1-16-8-13-21(14-17(16)2)15-19(9-11-20-12-10-19)18-6-4-3-5-7-18/h3-7,16-17,20H,8-15H2,1-2H3. The molecule has 0 aromatic heterocycles. The highest BCUT2D eigenvalue weighted by molar-refractivity contribution is 5.27. The molecule has 0 aliphatic carbocycles. The maximum Gasteiger partial charge on any atom is 0.0104 e. The van der Waals surface area contributed by atoms with E-state index in [1.54, 1.807) is 5.56 Å². The minimum absolute atomic E-state index is 0.368. The van der Waals surface area contributed by atoms with Crippen LogP contribution in [-0.2, 0) is 5.41 Å². The number of piperidine rings is 2. The molecule has 1 aromatic carbocycles. The highest BCUT2D eigenvalue weighted by atomic mass is 15.1. The molecule has 2 nitrogen and oxygen atoms in total. The quantitative estimate of drug-likeness (QED) is 0.917. The van der Waals surface area contributed by atoms with Gasteiger partial charge in [-0.15, -0.1) is 0 Å². The summed E-state index contributed by atoms with van der Waals surface area (Å²) in [7, 11) is 0. The van der Waals surface area contributed by atoms with Crippen LogP contribution in [0.5, 0.6) is 0 Å². The molecule has 21 heavy (non-hydrogen) atoms. The van der Waals surface area contributed by atoms with Crippen LogP contribution in [0.2, 0.25) is 0 Å². The van der Waals surface area contributed by atoms with E-state index in [-0.39, 0.29) is 0 Å². The molecule has 0 bridgehead atoms. The van der Waals surface area contributed by atoms with Gasteiger partial charge in [-0.05, 0) is 56.3 Å². The Hall–Kier alpha value is -0.860. The number of rotatable bonds is 3. The predicted octanol–water partition coefficient (Wildman–Crippen LogP) is 3.29. The van der Waals surface area contributed by atoms with Crippen LogP contribution in [0.4, 0.5) is 0 Å². The van der Waals surface area contributed by atoms with Crippen molar-refractivity contribution in [2.24, 2.45) is 11.8 Å².